The van der Waals surface area contributed by atoms with Crippen molar-refractivity contribution in [1.82, 2.24) is 15.2 Å². The number of carbonyl (C=O) groups excluding carboxylic acids is 2. The zero-order valence-electron chi connectivity index (χ0n) is 13.7. The lowest BCUT2D eigenvalue weighted by Crippen LogP contribution is -2.52. The van der Waals surface area contributed by atoms with Crippen LogP contribution >= 0.6 is 23.1 Å². The molecule has 0 unspecified atom stereocenters. The Bertz CT molecular complexity index is 688. The molecule has 1 fully saturated rings. The molecule has 1 saturated heterocycles. The van der Waals surface area contributed by atoms with Gasteiger partial charge in [0.1, 0.15) is 6.04 Å². The van der Waals surface area contributed by atoms with Gasteiger partial charge in [0.25, 0.3) is 0 Å². The van der Waals surface area contributed by atoms with Gasteiger partial charge >= 0.3 is 6.03 Å². The van der Waals surface area contributed by atoms with Crippen LogP contribution < -0.4 is 10.6 Å². The smallest absolute Gasteiger partial charge is 0.318 e. The first-order valence-electron chi connectivity index (χ1n) is 8.10. The first-order chi connectivity index (χ1) is 12.2. The van der Waals surface area contributed by atoms with Gasteiger partial charge in [0.15, 0.2) is 5.13 Å². The number of anilines is 1. The van der Waals surface area contributed by atoms with E-state index in [0.717, 1.165) is 17.1 Å². The van der Waals surface area contributed by atoms with E-state index in [9.17, 15) is 9.59 Å². The number of hydrogen-bond donors (Lipinski definition) is 2. The highest BCUT2D eigenvalue weighted by Gasteiger charge is 2.25. The van der Waals surface area contributed by atoms with Gasteiger partial charge in [-0.15, -0.1) is 11.3 Å². The van der Waals surface area contributed by atoms with E-state index in [-0.39, 0.29) is 11.9 Å². The van der Waals surface area contributed by atoms with Gasteiger partial charge in [-0.1, -0.05) is 30.3 Å². The topological polar surface area (TPSA) is 74.3 Å². The van der Waals surface area contributed by atoms with Crippen LogP contribution in [-0.4, -0.2) is 52.5 Å². The normalized spacial score (nSPS) is 15.4. The fourth-order valence-electron chi connectivity index (χ4n) is 2.54. The Balaban J connectivity index is 1.68. The third kappa shape index (κ3) is 5.20. The summed E-state index contributed by atoms with van der Waals surface area (Å²) in [4.78, 5) is 31.0. The molecule has 132 valence electrons. The molecule has 8 heteroatoms. The summed E-state index contributed by atoms with van der Waals surface area (Å²) in [6, 6.07) is 8.85. The summed E-state index contributed by atoms with van der Waals surface area (Å²) in [5.74, 6) is 1.61. The summed E-state index contributed by atoms with van der Waals surface area (Å²) in [7, 11) is 0. The average molecular weight is 377 g/mol. The van der Waals surface area contributed by atoms with E-state index in [1.165, 1.54) is 11.3 Å². The maximum atomic E-state index is 12.7. The molecule has 0 aliphatic carbocycles. The van der Waals surface area contributed by atoms with Crippen LogP contribution in [0.15, 0.2) is 41.9 Å². The van der Waals surface area contributed by atoms with Gasteiger partial charge in [0.2, 0.25) is 5.91 Å². The Morgan fingerprint density at radius 1 is 1.20 bits per heavy atom. The van der Waals surface area contributed by atoms with Crippen molar-refractivity contribution in [2.24, 2.45) is 0 Å². The highest BCUT2D eigenvalue weighted by atomic mass is 32.2. The summed E-state index contributed by atoms with van der Waals surface area (Å²) >= 11 is 3.19. The van der Waals surface area contributed by atoms with E-state index in [1.54, 1.807) is 16.5 Å². The van der Waals surface area contributed by atoms with E-state index in [4.69, 9.17) is 0 Å². The minimum Gasteiger partial charge on any atom is -0.326 e. The number of benzene rings is 1. The number of rotatable bonds is 5. The molecule has 1 aliphatic heterocycles. The van der Waals surface area contributed by atoms with Gasteiger partial charge in [-0.2, -0.15) is 11.8 Å². The van der Waals surface area contributed by atoms with Gasteiger partial charge < -0.3 is 15.5 Å². The molecular weight excluding hydrogens is 356 g/mol. The van der Waals surface area contributed by atoms with Crippen LogP contribution in [-0.2, 0) is 11.2 Å². The second-order valence-corrected chi connectivity index (χ2v) is 7.74. The fourth-order valence-corrected chi connectivity index (χ4v) is 3.98. The molecule has 3 amide bonds. The summed E-state index contributed by atoms with van der Waals surface area (Å²) < 4.78 is 0. The maximum absolute atomic E-state index is 12.7. The highest BCUT2D eigenvalue weighted by molar-refractivity contribution is 7.99. The second kappa shape index (κ2) is 8.87. The van der Waals surface area contributed by atoms with Gasteiger partial charge in [0, 0.05) is 42.6 Å². The molecule has 2 aromatic rings. The molecular formula is C17H20N4O2S2. The Morgan fingerprint density at radius 2 is 1.96 bits per heavy atom. The van der Waals surface area contributed by atoms with Crippen LogP contribution in [0.25, 0.3) is 0 Å². The van der Waals surface area contributed by atoms with Crippen LogP contribution in [0, 0.1) is 0 Å². The molecule has 0 radical (unpaired) electrons. The lowest BCUT2D eigenvalue weighted by molar-refractivity contribution is -0.118. The van der Waals surface area contributed by atoms with Crippen LogP contribution in [0.3, 0.4) is 0 Å². The molecule has 3 rings (SSSR count). The van der Waals surface area contributed by atoms with Crippen molar-refractivity contribution in [2.75, 3.05) is 29.9 Å². The van der Waals surface area contributed by atoms with Gasteiger partial charge in [0.05, 0.1) is 0 Å². The fraction of sp³-hybridized carbons (Fsp3) is 0.353. The van der Waals surface area contributed by atoms with Crippen molar-refractivity contribution in [3.8, 4) is 0 Å². The Labute approximate surface area is 155 Å². The van der Waals surface area contributed by atoms with Crippen molar-refractivity contribution in [3.63, 3.8) is 0 Å². The maximum Gasteiger partial charge on any atom is 0.318 e. The quantitative estimate of drug-likeness (QED) is 0.841. The number of urea groups is 1. The molecule has 0 spiro atoms. The van der Waals surface area contributed by atoms with Crippen LogP contribution in [0.2, 0.25) is 0 Å². The molecule has 6 nitrogen and oxygen atoms in total. The minimum atomic E-state index is -0.645. The molecule has 0 saturated carbocycles. The predicted octanol–water partition coefficient (Wildman–Crippen LogP) is 2.45. The number of hydrogen-bond acceptors (Lipinski definition) is 5. The number of thiazole rings is 1. The molecule has 1 aromatic carbocycles. The first-order valence-corrected chi connectivity index (χ1v) is 10.1. The number of nitrogens with zero attached hydrogens (tertiary/aromatic N) is 2. The van der Waals surface area contributed by atoms with E-state index in [0.29, 0.717) is 24.6 Å². The van der Waals surface area contributed by atoms with Crippen molar-refractivity contribution in [2.45, 2.75) is 12.5 Å². The van der Waals surface area contributed by atoms with Crippen molar-refractivity contribution in [1.29, 1.82) is 0 Å². The van der Waals surface area contributed by atoms with Crippen molar-refractivity contribution >= 4 is 40.2 Å². The van der Waals surface area contributed by atoms with E-state index in [1.807, 2.05) is 42.1 Å². The number of aromatic nitrogens is 1. The summed E-state index contributed by atoms with van der Waals surface area (Å²) in [5.41, 5.74) is 0.997. The van der Waals surface area contributed by atoms with E-state index >= 15 is 0 Å². The molecule has 25 heavy (non-hydrogen) atoms. The third-order valence-electron chi connectivity index (χ3n) is 3.86. The second-order valence-electron chi connectivity index (χ2n) is 5.62. The molecule has 1 aliphatic rings. The summed E-state index contributed by atoms with van der Waals surface area (Å²) in [6.45, 7) is 1.42. The Kier molecular flexibility index (Phi) is 6.30. The van der Waals surface area contributed by atoms with E-state index < -0.39 is 6.04 Å². The zero-order chi connectivity index (χ0) is 17.5. The lowest BCUT2D eigenvalue weighted by atomic mass is 10.1. The summed E-state index contributed by atoms with van der Waals surface area (Å²) in [5, 5.41) is 8.00. The number of nitrogens with one attached hydrogen (secondary N) is 2. The molecule has 0 bridgehead atoms. The van der Waals surface area contributed by atoms with Crippen LogP contribution in [0.1, 0.15) is 5.56 Å². The number of carbonyl (C=O) groups is 2. The Morgan fingerprint density at radius 3 is 2.64 bits per heavy atom. The monoisotopic (exact) mass is 376 g/mol. The van der Waals surface area contributed by atoms with Crippen LogP contribution in [0.4, 0.5) is 9.93 Å². The van der Waals surface area contributed by atoms with Gasteiger partial charge in [-0.25, -0.2) is 9.78 Å². The average Bonchev–Trinajstić information content (AvgIpc) is 3.15. The number of thioether (sulfide) groups is 1. The highest BCUT2D eigenvalue weighted by Crippen LogP contribution is 2.13. The van der Waals surface area contributed by atoms with E-state index in [2.05, 4.69) is 15.6 Å². The standard InChI is InChI=1S/C17H20N4O2S2/c22-15(20-16-18-6-9-25-16)14(12-13-4-2-1-3-5-13)19-17(23)21-7-10-24-11-8-21/h1-6,9,14H,7-8,10-12H2,(H,19,23)(H,18,20,22)/t14-/m1/s1. The minimum absolute atomic E-state index is 0.185. The molecule has 2 heterocycles. The third-order valence-corrected chi connectivity index (χ3v) is 5.49. The van der Waals surface area contributed by atoms with Gasteiger partial charge in [-0.3, -0.25) is 4.79 Å². The lowest BCUT2D eigenvalue weighted by Gasteiger charge is -2.28. The summed E-state index contributed by atoms with van der Waals surface area (Å²) in [6.07, 6.45) is 2.07. The predicted molar refractivity (Wildman–Crippen MR) is 102 cm³/mol. The Hall–Kier alpha value is -2.06. The SMILES string of the molecule is O=C(Nc1nccs1)[C@@H](Cc1ccccc1)NC(=O)N1CCSCC1. The number of amides is 3. The van der Waals surface area contributed by atoms with Gasteiger partial charge in [-0.05, 0) is 5.56 Å². The van der Waals surface area contributed by atoms with Crippen molar-refractivity contribution < 1.29 is 9.59 Å². The van der Waals surface area contributed by atoms with Crippen molar-refractivity contribution in [3.05, 3.63) is 47.5 Å². The zero-order valence-corrected chi connectivity index (χ0v) is 15.3. The first kappa shape index (κ1) is 17.8. The molecule has 1 atom stereocenters. The molecule has 1 aromatic heterocycles. The largest absolute Gasteiger partial charge is 0.326 e. The van der Waals surface area contributed by atoms with Crippen LogP contribution in [0.5, 0.6) is 0 Å². The molecule has 2 N–H and O–H groups in total.